The molecule has 1 aromatic heterocycles. The Balaban J connectivity index is 1.96. The fourth-order valence-corrected chi connectivity index (χ4v) is 3.00. The summed E-state index contributed by atoms with van der Waals surface area (Å²) in [6.07, 6.45) is 3.15. The van der Waals surface area contributed by atoms with Crippen LogP contribution in [0.3, 0.4) is 0 Å². The normalized spacial score (nSPS) is 12.6. The molecule has 4 heteroatoms. The van der Waals surface area contributed by atoms with Gasteiger partial charge in [0, 0.05) is 13.1 Å². The smallest absolute Gasteiger partial charge is 0.0846 e. The van der Waals surface area contributed by atoms with Crippen LogP contribution in [0.4, 0.5) is 0 Å². The minimum Gasteiger partial charge on any atom is -0.310 e. The molecule has 1 unspecified atom stereocenters. The van der Waals surface area contributed by atoms with E-state index in [1.54, 1.807) is 0 Å². The SMILES string of the molecule is CCNC(CCCc1c(Cl)c(C)nn1C)c1ccccc1. The Kier molecular flexibility index (Phi) is 5.83. The highest BCUT2D eigenvalue weighted by atomic mass is 35.5. The van der Waals surface area contributed by atoms with E-state index in [1.807, 2.05) is 18.7 Å². The fraction of sp³-hybridized carbons (Fsp3) is 0.471. The molecule has 1 atom stereocenters. The minimum absolute atomic E-state index is 0.407. The maximum atomic E-state index is 6.31. The van der Waals surface area contributed by atoms with Crippen LogP contribution in [0.5, 0.6) is 0 Å². The maximum Gasteiger partial charge on any atom is 0.0846 e. The number of halogens is 1. The Bertz CT molecular complexity index is 563. The number of aromatic nitrogens is 2. The van der Waals surface area contributed by atoms with E-state index in [9.17, 15) is 0 Å². The summed E-state index contributed by atoms with van der Waals surface area (Å²) in [6, 6.07) is 11.0. The van der Waals surface area contributed by atoms with Crippen molar-refractivity contribution in [2.75, 3.05) is 6.54 Å². The second-order valence-electron chi connectivity index (χ2n) is 5.38. The van der Waals surface area contributed by atoms with Gasteiger partial charge in [-0.3, -0.25) is 4.68 Å². The average Bonchev–Trinajstić information content (AvgIpc) is 2.73. The van der Waals surface area contributed by atoms with Gasteiger partial charge in [0.25, 0.3) is 0 Å². The second kappa shape index (κ2) is 7.62. The lowest BCUT2D eigenvalue weighted by atomic mass is 10.0. The topological polar surface area (TPSA) is 29.9 Å². The highest BCUT2D eigenvalue weighted by Gasteiger charge is 2.13. The predicted octanol–water partition coefficient (Wildman–Crippen LogP) is 4.06. The van der Waals surface area contributed by atoms with Crippen molar-refractivity contribution in [1.29, 1.82) is 0 Å². The molecule has 0 bridgehead atoms. The molecule has 2 rings (SSSR count). The first-order chi connectivity index (χ1) is 10.1. The predicted molar refractivity (Wildman–Crippen MR) is 88.8 cm³/mol. The summed E-state index contributed by atoms with van der Waals surface area (Å²) in [7, 11) is 1.97. The van der Waals surface area contributed by atoms with Crippen LogP contribution in [0.2, 0.25) is 5.02 Å². The van der Waals surface area contributed by atoms with Gasteiger partial charge in [-0.15, -0.1) is 0 Å². The van der Waals surface area contributed by atoms with Crippen molar-refractivity contribution in [1.82, 2.24) is 15.1 Å². The van der Waals surface area contributed by atoms with Crippen molar-refractivity contribution < 1.29 is 0 Å². The molecular weight excluding hydrogens is 282 g/mol. The summed E-state index contributed by atoms with van der Waals surface area (Å²) in [4.78, 5) is 0. The van der Waals surface area contributed by atoms with E-state index in [-0.39, 0.29) is 0 Å². The summed E-state index contributed by atoms with van der Waals surface area (Å²) >= 11 is 6.31. The molecule has 0 aliphatic heterocycles. The number of rotatable bonds is 7. The Morgan fingerprint density at radius 1 is 1.29 bits per heavy atom. The van der Waals surface area contributed by atoms with Gasteiger partial charge in [0.1, 0.15) is 0 Å². The summed E-state index contributed by atoms with van der Waals surface area (Å²) in [6.45, 7) is 5.08. The molecule has 0 fully saturated rings. The van der Waals surface area contributed by atoms with E-state index in [0.717, 1.165) is 42.2 Å². The van der Waals surface area contributed by atoms with Gasteiger partial charge in [0.2, 0.25) is 0 Å². The van der Waals surface area contributed by atoms with Gasteiger partial charge in [0.05, 0.1) is 16.4 Å². The van der Waals surface area contributed by atoms with Gasteiger partial charge in [-0.25, -0.2) is 0 Å². The molecule has 114 valence electrons. The third kappa shape index (κ3) is 4.08. The van der Waals surface area contributed by atoms with Crippen LogP contribution in [0.1, 0.15) is 42.8 Å². The monoisotopic (exact) mass is 305 g/mol. The van der Waals surface area contributed by atoms with Crippen LogP contribution in [-0.2, 0) is 13.5 Å². The number of aryl methyl sites for hydroxylation is 2. The van der Waals surface area contributed by atoms with Crippen LogP contribution in [0.15, 0.2) is 30.3 Å². The molecule has 21 heavy (non-hydrogen) atoms. The Morgan fingerprint density at radius 2 is 2.00 bits per heavy atom. The molecule has 2 aromatic rings. The lowest BCUT2D eigenvalue weighted by Gasteiger charge is -2.18. The Labute approximate surface area is 132 Å². The average molecular weight is 306 g/mol. The van der Waals surface area contributed by atoms with Crippen LogP contribution in [0.25, 0.3) is 0 Å². The van der Waals surface area contributed by atoms with Crippen LogP contribution >= 0.6 is 11.6 Å². The highest BCUT2D eigenvalue weighted by Crippen LogP contribution is 2.24. The number of benzene rings is 1. The molecule has 0 radical (unpaired) electrons. The molecule has 3 nitrogen and oxygen atoms in total. The zero-order valence-corrected chi connectivity index (χ0v) is 13.8. The number of nitrogens with one attached hydrogen (secondary N) is 1. The summed E-state index contributed by atoms with van der Waals surface area (Å²) < 4.78 is 1.91. The zero-order chi connectivity index (χ0) is 15.2. The molecule has 0 saturated heterocycles. The molecule has 0 saturated carbocycles. The van der Waals surface area contributed by atoms with E-state index in [1.165, 1.54) is 5.56 Å². The van der Waals surface area contributed by atoms with Crippen molar-refractivity contribution in [3.8, 4) is 0 Å². The molecule has 0 aliphatic carbocycles. The van der Waals surface area contributed by atoms with Crippen molar-refractivity contribution in [3.63, 3.8) is 0 Å². The van der Waals surface area contributed by atoms with E-state index in [0.29, 0.717) is 6.04 Å². The van der Waals surface area contributed by atoms with Crippen LogP contribution in [-0.4, -0.2) is 16.3 Å². The molecule has 0 aliphatic rings. The Hall–Kier alpha value is -1.32. The van der Waals surface area contributed by atoms with Gasteiger partial charge in [0.15, 0.2) is 0 Å². The molecule has 1 N–H and O–H groups in total. The largest absolute Gasteiger partial charge is 0.310 e. The minimum atomic E-state index is 0.407. The number of hydrogen-bond acceptors (Lipinski definition) is 2. The van der Waals surface area contributed by atoms with Gasteiger partial charge in [-0.2, -0.15) is 5.10 Å². The number of hydrogen-bond donors (Lipinski definition) is 1. The first kappa shape index (κ1) is 16.1. The molecule has 0 spiro atoms. The Morgan fingerprint density at radius 3 is 2.57 bits per heavy atom. The first-order valence-corrected chi connectivity index (χ1v) is 7.97. The maximum absolute atomic E-state index is 6.31. The van der Waals surface area contributed by atoms with E-state index in [2.05, 4.69) is 47.7 Å². The van der Waals surface area contributed by atoms with Crippen molar-refractivity contribution >= 4 is 11.6 Å². The fourth-order valence-electron chi connectivity index (χ4n) is 2.74. The zero-order valence-electron chi connectivity index (χ0n) is 13.1. The van der Waals surface area contributed by atoms with Crippen molar-refractivity contribution in [2.45, 2.75) is 39.2 Å². The molecule has 0 amide bonds. The lowest BCUT2D eigenvalue weighted by molar-refractivity contribution is 0.493. The van der Waals surface area contributed by atoms with E-state index < -0.39 is 0 Å². The third-order valence-electron chi connectivity index (χ3n) is 3.82. The lowest BCUT2D eigenvalue weighted by Crippen LogP contribution is -2.21. The van der Waals surface area contributed by atoms with Crippen molar-refractivity contribution in [3.05, 3.63) is 52.3 Å². The molecule has 1 aromatic carbocycles. The molecular formula is C17H24ClN3. The first-order valence-electron chi connectivity index (χ1n) is 7.59. The quantitative estimate of drug-likeness (QED) is 0.836. The second-order valence-corrected chi connectivity index (χ2v) is 5.76. The highest BCUT2D eigenvalue weighted by molar-refractivity contribution is 6.31. The number of nitrogens with zero attached hydrogens (tertiary/aromatic N) is 2. The third-order valence-corrected chi connectivity index (χ3v) is 4.31. The summed E-state index contributed by atoms with van der Waals surface area (Å²) in [5.74, 6) is 0. The van der Waals surface area contributed by atoms with E-state index >= 15 is 0 Å². The van der Waals surface area contributed by atoms with E-state index in [4.69, 9.17) is 11.6 Å². The molecule has 1 heterocycles. The standard InChI is InChI=1S/C17H24ClN3/c1-4-19-15(14-9-6-5-7-10-14)11-8-12-16-17(18)13(2)20-21(16)3/h5-7,9-10,15,19H,4,8,11-12H2,1-3H3. The van der Waals surface area contributed by atoms with Crippen molar-refractivity contribution in [2.24, 2.45) is 7.05 Å². The summed E-state index contributed by atoms with van der Waals surface area (Å²) in [5.41, 5.74) is 3.41. The van der Waals surface area contributed by atoms with Crippen LogP contribution < -0.4 is 5.32 Å². The van der Waals surface area contributed by atoms with Gasteiger partial charge < -0.3 is 5.32 Å². The summed E-state index contributed by atoms with van der Waals surface area (Å²) in [5, 5.41) is 8.75. The van der Waals surface area contributed by atoms with Gasteiger partial charge in [-0.1, -0.05) is 48.9 Å². The van der Waals surface area contributed by atoms with Gasteiger partial charge >= 0.3 is 0 Å². The van der Waals surface area contributed by atoms with Crippen LogP contribution in [0, 0.1) is 6.92 Å². The van der Waals surface area contributed by atoms with Gasteiger partial charge in [-0.05, 0) is 38.3 Å².